The van der Waals surface area contributed by atoms with Gasteiger partial charge >= 0.3 is 5.69 Å². The van der Waals surface area contributed by atoms with E-state index in [0.717, 1.165) is 27.3 Å². The highest BCUT2D eigenvalue weighted by Gasteiger charge is 2.31. The lowest BCUT2D eigenvalue weighted by Crippen LogP contribution is -2.28. The van der Waals surface area contributed by atoms with Gasteiger partial charge in [0.25, 0.3) is 6.43 Å². The number of hydrogen-bond acceptors (Lipinski definition) is 5. The molecule has 3 aromatic rings. The van der Waals surface area contributed by atoms with Crippen molar-refractivity contribution >= 4 is 11.6 Å². The third kappa shape index (κ3) is 4.04. The Hall–Kier alpha value is -3.63. The Morgan fingerprint density at radius 2 is 1.83 bits per heavy atom. The molecule has 0 aliphatic rings. The van der Waals surface area contributed by atoms with Gasteiger partial charge in [-0.2, -0.15) is 10.2 Å². The zero-order valence-corrected chi connectivity index (χ0v) is 16.6. The third-order valence-electron chi connectivity index (χ3n) is 4.79. The molecule has 0 fully saturated rings. The molecule has 0 aliphatic carbocycles. The molecule has 9 nitrogen and oxygen atoms in total. The molecule has 3 rings (SSSR count). The van der Waals surface area contributed by atoms with E-state index < -0.39 is 35.2 Å². The molecule has 158 valence electrons. The molecule has 0 radical (unpaired) electrons. The maximum atomic E-state index is 13.0. The van der Waals surface area contributed by atoms with Gasteiger partial charge in [-0.15, -0.1) is 0 Å². The first-order valence-corrected chi connectivity index (χ1v) is 9.07. The van der Waals surface area contributed by atoms with Gasteiger partial charge in [-0.05, 0) is 32.9 Å². The van der Waals surface area contributed by atoms with E-state index in [1.54, 1.807) is 4.68 Å². The summed E-state index contributed by atoms with van der Waals surface area (Å²) in [5.41, 5.74) is 1.48. The summed E-state index contributed by atoms with van der Waals surface area (Å²) in [7, 11) is 0. The average Bonchev–Trinajstić information content (AvgIpc) is 3.17. The third-order valence-corrected chi connectivity index (χ3v) is 4.79. The fourth-order valence-electron chi connectivity index (χ4n) is 3.22. The van der Waals surface area contributed by atoms with E-state index in [2.05, 4.69) is 15.5 Å². The maximum absolute atomic E-state index is 13.0. The molecule has 0 atom stereocenters. The zero-order chi connectivity index (χ0) is 22.0. The second kappa shape index (κ2) is 8.39. The molecule has 0 unspecified atom stereocenters. The van der Waals surface area contributed by atoms with Crippen LogP contribution in [0.4, 0.5) is 14.5 Å². The van der Waals surface area contributed by atoms with Gasteiger partial charge in [0.1, 0.15) is 12.2 Å². The highest BCUT2D eigenvalue weighted by atomic mass is 19.3. The number of aromatic nitrogens is 4. The zero-order valence-electron chi connectivity index (χ0n) is 16.6. The number of carbonyl (C=O) groups is 1. The Morgan fingerprint density at radius 1 is 1.17 bits per heavy atom. The molecular formula is C19H20F2N6O3. The lowest BCUT2D eigenvalue weighted by atomic mass is 10.2. The first-order valence-electron chi connectivity index (χ1n) is 9.07. The van der Waals surface area contributed by atoms with Gasteiger partial charge in [0.2, 0.25) is 11.6 Å². The highest BCUT2D eigenvalue weighted by Crippen LogP contribution is 2.30. The monoisotopic (exact) mass is 418 g/mol. The van der Waals surface area contributed by atoms with Gasteiger partial charge in [-0.1, -0.05) is 18.2 Å². The van der Waals surface area contributed by atoms with Crippen LogP contribution in [0, 0.1) is 30.9 Å². The van der Waals surface area contributed by atoms with E-state index in [-0.39, 0.29) is 12.2 Å². The van der Waals surface area contributed by atoms with Crippen LogP contribution in [0.5, 0.6) is 0 Å². The van der Waals surface area contributed by atoms with E-state index in [1.165, 1.54) is 6.92 Å². The summed E-state index contributed by atoms with van der Waals surface area (Å²) in [6.07, 6.45) is -3.11. The summed E-state index contributed by atoms with van der Waals surface area (Å²) in [4.78, 5) is 22.5. The molecule has 1 N–H and O–H groups in total. The minimum atomic E-state index is -3.11. The van der Waals surface area contributed by atoms with E-state index in [0.29, 0.717) is 0 Å². The predicted molar refractivity (Wildman–Crippen MR) is 103 cm³/mol. The van der Waals surface area contributed by atoms with Gasteiger partial charge < -0.3 is 5.32 Å². The Bertz CT molecular complexity index is 1090. The number of alkyl halides is 2. The molecule has 2 heterocycles. The molecule has 1 amide bonds. The number of rotatable bonds is 7. The molecule has 1 aromatic carbocycles. The number of benzene rings is 1. The maximum Gasteiger partial charge on any atom is 0.319 e. The van der Waals surface area contributed by atoms with Crippen LogP contribution >= 0.6 is 0 Å². The number of nitrogens with one attached hydrogen (secondary N) is 1. The first-order chi connectivity index (χ1) is 14.2. The van der Waals surface area contributed by atoms with Crippen LogP contribution in [0.1, 0.15) is 34.8 Å². The van der Waals surface area contributed by atoms with Crippen molar-refractivity contribution in [3.8, 4) is 5.69 Å². The number of nitro groups is 1. The molecule has 0 bridgehead atoms. The van der Waals surface area contributed by atoms with Crippen LogP contribution in [0.25, 0.3) is 5.69 Å². The Balaban J connectivity index is 1.74. The highest BCUT2D eigenvalue weighted by molar-refractivity contribution is 5.76. The van der Waals surface area contributed by atoms with Crippen LogP contribution in [-0.4, -0.2) is 30.4 Å². The summed E-state index contributed by atoms with van der Waals surface area (Å²) >= 11 is 0. The number of aryl methyl sites for hydroxylation is 1. The molecule has 0 saturated heterocycles. The quantitative estimate of drug-likeness (QED) is 0.468. The van der Waals surface area contributed by atoms with Crippen molar-refractivity contribution in [1.82, 2.24) is 24.9 Å². The lowest BCUT2D eigenvalue weighted by Gasteiger charge is -2.08. The smallest absolute Gasteiger partial charge is 0.319 e. The van der Waals surface area contributed by atoms with Crippen molar-refractivity contribution in [1.29, 1.82) is 0 Å². The Morgan fingerprint density at radius 3 is 2.40 bits per heavy atom. The number of nitrogens with zero attached hydrogens (tertiary/aromatic N) is 5. The minimum Gasteiger partial charge on any atom is -0.350 e. The van der Waals surface area contributed by atoms with Gasteiger partial charge in [0.15, 0.2) is 0 Å². The normalized spacial score (nSPS) is 11.1. The molecule has 0 aliphatic heterocycles. The summed E-state index contributed by atoms with van der Waals surface area (Å²) in [5.74, 6) is -0.512. The summed E-state index contributed by atoms with van der Waals surface area (Å²) in [6.45, 7) is 4.74. The predicted octanol–water partition coefficient (Wildman–Crippen LogP) is 3.16. The molecule has 0 spiro atoms. The van der Waals surface area contributed by atoms with E-state index in [1.807, 2.05) is 44.2 Å². The topological polar surface area (TPSA) is 108 Å². The SMILES string of the molecule is Cc1nn(-c2ccccc2)c(C)c1CNC(=O)Cn1nc(C(F)F)c([N+](=O)[O-])c1C. The van der Waals surface area contributed by atoms with E-state index in [9.17, 15) is 23.7 Å². The largest absolute Gasteiger partial charge is 0.350 e. The van der Waals surface area contributed by atoms with Gasteiger partial charge in [0, 0.05) is 17.8 Å². The van der Waals surface area contributed by atoms with Gasteiger partial charge in [-0.3, -0.25) is 19.6 Å². The van der Waals surface area contributed by atoms with Crippen molar-refractivity contribution in [3.05, 3.63) is 68.8 Å². The molecule has 11 heteroatoms. The molecule has 0 saturated carbocycles. The van der Waals surface area contributed by atoms with Crippen molar-refractivity contribution in [2.75, 3.05) is 0 Å². The Labute approximate surface area is 170 Å². The van der Waals surface area contributed by atoms with E-state index >= 15 is 0 Å². The van der Waals surface area contributed by atoms with E-state index in [4.69, 9.17) is 0 Å². The fraction of sp³-hybridized carbons (Fsp3) is 0.316. The van der Waals surface area contributed by atoms with Crippen molar-refractivity contribution in [2.24, 2.45) is 0 Å². The number of halogens is 2. The number of hydrogen-bond donors (Lipinski definition) is 1. The van der Waals surface area contributed by atoms with Gasteiger partial charge in [-0.25, -0.2) is 13.5 Å². The second-order valence-corrected chi connectivity index (χ2v) is 6.71. The van der Waals surface area contributed by atoms with Gasteiger partial charge in [0.05, 0.1) is 16.3 Å². The van der Waals surface area contributed by atoms with Crippen molar-refractivity contribution in [3.63, 3.8) is 0 Å². The second-order valence-electron chi connectivity index (χ2n) is 6.71. The fourth-order valence-corrected chi connectivity index (χ4v) is 3.22. The number of amides is 1. The van der Waals surface area contributed by atoms with Crippen LogP contribution in [0.15, 0.2) is 30.3 Å². The Kier molecular flexibility index (Phi) is 5.90. The number of para-hydroxylation sites is 1. The van der Waals surface area contributed by atoms with Crippen molar-refractivity contribution < 1.29 is 18.5 Å². The first kappa shape index (κ1) is 21.1. The van der Waals surface area contributed by atoms with Crippen molar-refractivity contribution in [2.45, 2.75) is 40.3 Å². The molecule has 30 heavy (non-hydrogen) atoms. The lowest BCUT2D eigenvalue weighted by molar-refractivity contribution is -0.386. The molecular weight excluding hydrogens is 398 g/mol. The summed E-state index contributed by atoms with van der Waals surface area (Å²) < 4.78 is 28.7. The summed E-state index contributed by atoms with van der Waals surface area (Å²) in [6, 6.07) is 9.52. The molecule has 2 aromatic heterocycles. The van der Waals surface area contributed by atoms with Crippen LogP contribution < -0.4 is 5.32 Å². The summed E-state index contributed by atoms with van der Waals surface area (Å²) in [5, 5.41) is 21.8. The number of carbonyl (C=O) groups excluding carboxylic acids is 1. The minimum absolute atomic E-state index is 0.102. The standard InChI is InChI=1S/C19H20F2N6O3/c1-11-15(12(2)26(23-11)14-7-5-4-6-8-14)9-22-16(28)10-25-13(3)18(27(29)30)17(24-25)19(20)21/h4-8,19H,9-10H2,1-3H3,(H,22,28). The average molecular weight is 418 g/mol. The van der Waals surface area contributed by atoms with Crippen LogP contribution in [0.2, 0.25) is 0 Å². The van der Waals surface area contributed by atoms with Crippen LogP contribution in [0.3, 0.4) is 0 Å². The van der Waals surface area contributed by atoms with Crippen LogP contribution in [-0.2, 0) is 17.9 Å².